The van der Waals surface area contributed by atoms with E-state index in [-0.39, 0.29) is 18.6 Å². The lowest BCUT2D eigenvalue weighted by Crippen LogP contribution is -2.24. The molecule has 2 aliphatic rings. The van der Waals surface area contributed by atoms with Crippen molar-refractivity contribution in [3.05, 3.63) is 58.8 Å². The van der Waals surface area contributed by atoms with Gasteiger partial charge in [-0.1, -0.05) is 23.5 Å². The van der Waals surface area contributed by atoms with Gasteiger partial charge in [-0.15, -0.1) is 0 Å². The van der Waals surface area contributed by atoms with Crippen LogP contribution in [0.2, 0.25) is 0 Å². The molecule has 4 heterocycles. The maximum Gasteiger partial charge on any atom is 0.231 e. The molecule has 8 heteroatoms. The van der Waals surface area contributed by atoms with Crippen molar-refractivity contribution in [3.63, 3.8) is 0 Å². The van der Waals surface area contributed by atoms with E-state index in [4.69, 9.17) is 19.6 Å². The molecule has 0 bridgehead atoms. The van der Waals surface area contributed by atoms with Gasteiger partial charge < -0.3 is 14.8 Å². The van der Waals surface area contributed by atoms with Crippen LogP contribution in [-0.2, 0) is 4.79 Å². The van der Waals surface area contributed by atoms with Crippen LogP contribution in [0.15, 0.2) is 36.4 Å². The first-order chi connectivity index (χ1) is 14.6. The highest BCUT2D eigenvalue weighted by molar-refractivity contribution is 7.20. The maximum absolute atomic E-state index is 12.6. The number of carbonyl (C=O) groups excluding carboxylic acids is 1. The van der Waals surface area contributed by atoms with E-state index in [1.54, 1.807) is 16.0 Å². The number of thiazole rings is 1. The summed E-state index contributed by atoms with van der Waals surface area (Å²) in [5, 5.41) is 8.53. The second-order valence-electron chi connectivity index (χ2n) is 7.64. The Kier molecular flexibility index (Phi) is 3.67. The minimum absolute atomic E-state index is 0.0386. The summed E-state index contributed by atoms with van der Waals surface area (Å²) in [7, 11) is 0. The molecule has 0 unspecified atom stereocenters. The zero-order valence-corrected chi connectivity index (χ0v) is 17.2. The number of anilines is 1. The van der Waals surface area contributed by atoms with Crippen molar-refractivity contribution in [2.24, 2.45) is 0 Å². The van der Waals surface area contributed by atoms with Gasteiger partial charge in [-0.2, -0.15) is 9.78 Å². The second-order valence-corrected chi connectivity index (χ2v) is 8.65. The molecule has 6 rings (SSSR count). The predicted octanol–water partition coefficient (Wildman–Crippen LogP) is 4.30. The minimum Gasteiger partial charge on any atom is -0.454 e. The zero-order valence-electron chi connectivity index (χ0n) is 16.4. The number of nitrogens with one attached hydrogen (secondary N) is 1. The Morgan fingerprint density at radius 3 is 2.90 bits per heavy atom. The summed E-state index contributed by atoms with van der Waals surface area (Å²) in [6, 6.07) is 12.0. The summed E-state index contributed by atoms with van der Waals surface area (Å²) in [4.78, 5) is 17.4. The van der Waals surface area contributed by atoms with Gasteiger partial charge in [-0.25, -0.2) is 4.98 Å². The van der Waals surface area contributed by atoms with Gasteiger partial charge >= 0.3 is 0 Å². The Morgan fingerprint density at radius 2 is 2.00 bits per heavy atom. The number of hydrogen-bond acceptors (Lipinski definition) is 6. The van der Waals surface area contributed by atoms with Crippen LogP contribution in [0.25, 0.3) is 15.3 Å². The monoisotopic (exact) mass is 418 g/mol. The summed E-state index contributed by atoms with van der Waals surface area (Å²) in [5.74, 6) is 2.00. The van der Waals surface area contributed by atoms with Crippen molar-refractivity contribution in [1.29, 1.82) is 0 Å². The van der Waals surface area contributed by atoms with Gasteiger partial charge in [-0.05, 0) is 49.2 Å². The van der Waals surface area contributed by atoms with Crippen LogP contribution in [-0.4, -0.2) is 27.5 Å². The highest BCUT2D eigenvalue weighted by atomic mass is 32.1. The minimum atomic E-state index is -0.103. The predicted molar refractivity (Wildman–Crippen MR) is 114 cm³/mol. The summed E-state index contributed by atoms with van der Waals surface area (Å²) in [5.41, 5.74) is 5.02. The number of carbonyl (C=O) groups is 1. The molecule has 1 amide bonds. The average molecular weight is 418 g/mol. The van der Waals surface area contributed by atoms with E-state index in [9.17, 15) is 4.79 Å². The van der Waals surface area contributed by atoms with Crippen LogP contribution < -0.4 is 14.8 Å². The molecular formula is C22H18N4O3S. The topological polar surface area (TPSA) is 78.3 Å². The molecule has 0 saturated carbocycles. The number of hydrogen-bond donors (Lipinski definition) is 1. The Bertz CT molecular complexity index is 1340. The molecule has 2 aromatic heterocycles. The van der Waals surface area contributed by atoms with E-state index in [1.807, 2.05) is 37.3 Å². The summed E-state index contributed by atoms with van der Waals surface area (Å²) < 4.78 is 13.8. The van der Waals surface area contributed by atoms with Gasteiger partial charge in [0, 0.05) is 17.9 Å². The summed E-state index contributed by atoms with van der Waals surface area (Å²) >= 11 is 1.57. The Labute approximate surface area is 176 Å². The third-order valence-corrected chi connectivity index (χ3v) is 6.61. The van der Waals surface area contributed by atoms with Crippen LogP contribution in [0.3, 0.4) is 0 Å². The molecule has 1 N–H and O–H groups in total. The van der Waals surface area contributed by atoms with E-state index in [2.05, 4.69) is 18.3 Å². The molecule has 0 aliphatic carbocycles. The van der Waals surface area contributed by atoms with Gasteiger partial charge in [0.2, 0.25) is 17.8 Å². The fourth-order valence-electron chi connectivity index (χ4n) is 4.21. The highest BCUT2D eigenvalue weighted by Crippen LogP contribution is 2.43. The van der Waals surface area contributed by atoms with E-state index in [0.29, 0.717) is 18.0 Å². The van der Waals surface area contributed by atoms with Crippen molar-refractivity contribution in [1.82, 2.24) is 14.8 Å². The molecule has 1 atom stereocenters. The average Bonchev–Trinajstić information content (AvgIpc) is 3.43. The van der Waals surface area contributed by atoms with Gasteiger partial charge in [0.1, 0.15) is 5.82 Å². The maximum atomic E-state index is 12.6. The Morgan fingerprint density at radius 1 is 1.13 bits per heavy atom. The smallest absolute Gasteiger partial charge is 0.231 e. The molecular weight excluding hydrogens is 400 g/mol. The number of aryl methyl sites for hydroxylation is 2. The van der Waals surface area contributed by atoms with Crippen molar-refractivity contribution < 1.29 is 14.3 Å². The number of benzene rings is 2. The lowest BCUT2D eigenvalue weighted by molar-refractivity contribution is -0.116. The molecule has 0 fully saturated rings. The Balaban J connectivity index is 1.49. The van der Waals surface area contributed by atoms with E-state index in [0.717, 1.165) is 37.9 Å². The SMILES string of the molecule is Cc1ccc2nc(-n3nc(C)c4c3NC(=O)C[C@H]4c3ccc4c(c3)OCO4)sc2c1. The van der Waals surface area contributed by atoms with Crippen molar-refractivity contribution >= 4 is 33.3 Å². The number of aromatic nitrogens is 3. The molecule has 2 aromatic carbocycles. The molecule has 2 aliphatic heterocycles. The fourth-order valence-corrected chi connectivity index (χ4v) is 5.23. The number of nitrogens with zero attached hydrogens (tertiary/aromatic N) is 3. The first-order valence-electron chi connectivity index (χ1n) is 9.73. The summed E-state index contributed by atoms with van der Waals surface area (Å²) in [6.07, 6.45) is 0.359. The number of fused-ring (bicyclic) bond motifs is 3. The number of amides is 1. The normalized spacial score (nSPS) is 17.3. The lowest BCUT2D eigenvalue weighted by atomic mass is 9.85. The van der Waals surface area contributed by atoms with Gasteiger partial charge in [0.15, 0.2) is 11.5 Å². The van der Waals surface area contributed by atoms with Crippen molar-refractivity contribution in [3.8, 4) is 16.6 Å². The largest absolute Gasteiger partial charge is 0.454 e. The molecule has 0 saturated heterocycles. The summed E-state index contributed by atoms with van der Waals surface area (Å²) in [6.45, 7) is 4.27. The third-order valence-electron chi connectivity index (χ3n) is 5.62. The number of rotatable bonds is 2. The molecule has 0 spiro atoms. The lowest BCUT2D eigenvalue weighted by Gasteiger charge is -2.24. The quantitative estimate of drug-likeness (QED) is 0.525. The molecule has 4 aromatic rings. The highest BCUT2D eigenvalue weighted by Gasteiger charge is 2.34. The first kappa shape index (κ1) is 17.5. The van der Waals surface area contributed by atoms with E-state index in [1.165, 1.54) is 5.56 Å². The van der Waals surface area contributed by atoms with Gasteiger partial charge in [-0.3, -0.25) is 4.79 Å². The van der Waals surface area contributed by atoms with Gasteiger partial charge in [0.05, 0.1) is 15.9 Å². The third kappa shape index (κ3) is 2.60. The molecule has 7 nitrogen and oxygen atoms in total. The van der Waals surface area contributed by atoms with Crippen molar-refractivity contribution in [2.45, 2.75) is 26.2 Å². The van der Waals surface area contributed by atoms with E-state index >= 15 is 0 Å². The van der Waals surface area contributed by atoms with Crippen LogP contribution in [0, 0.1) is 13.8 Å². The first-order valence-corrected chi connectivity index (χ1v) is 10.5. The zero-order chi connectivity index (χ0) is 20.4. The van der Waals surface area contributed by atoms with Crippen LogP contribution in [0.1, 0.15) is 34.7 Å². The standard InChI is InChI=1S/C22H18N4O3S/c1-11-3-5-15-18(7-11)30-22(23-15)26-21-20(12(2)25-26)14(9-19(27)24-21)13-4-6-16-17(8-13)29-10-28-16/h3-8,14H,9-10H2,1-2H3,(H,24,27)/t14-/m0/s1. The molecule has 0 radical (unpaired) electrons. The van der Waals surface area contributed by atoms with Gasteiger partial charge in [0.25, 0.3) is 0 Å². The van der Waals surface area contributed by atoms with E-state index < -0.39 is 0 Å². The second kappa shape index (κ2) is 6.30. The molecule has 30 heavy (non-hydrogen) atoms. The fraction of sp³-hybridized carbons (Fsp3) is 0.227. The number of ether oxygens (including phenoxy) is 2. The Hall–Kier alpha value is -3.39. The van der Waals surface area contributed by atoms with Crippen molar-refractivity contribution in [2.75, 3.05) is 12.1 Å². The van der Waals surface area contributed by atoms with Crippen LogP contribution in [0.4, 0.5) is 5.82 Å². The van der Waals surface area contributed by atoms with Crippen LogP contribution in [0.5, 0.6) is 11.5 Å². The molecule has 150 valence electrons. The van der Waals surface area contributed by atoms with Crippen LogP contribution >= 0.6 is 11.3 Å².